The predicted octanol–water partition coefficient (Wildman–Crippen LogP) is 1.56. The Labute approximate surface area is 128 Å². The summed E-state index contributed by atoms with van der Waals surface area (Å²) < 4.78 is 10.7. The van der Waals surface area contributed by atoms with Gasteiger partial charge in [0.05, 0.1) is 12.7 Å². The van der Waals surface area contributed by atoms with Crippen LogP contribution in [0.1, 0.15) is 45.4 Å². The Morgan fingerprint density at radius 1 is 1.29 bits per heavy atom. The van der Waals surface area contributed by atoms with Crippen LogP contribution >= 0.6 is 0 Å². The molecule has 0 radical (unpaired) electrons. The zero-order valence-corrected chi connectivity index (χ0v) is 13.9. The zero-order chi connectivity index (χ0) is 15.5. The number of rotatable bonds is 4. The van der Waals surface area contributed by atoms with Crippen molar-refractivity contribution >= 4 is 5.97 Å². The molecule has 1 aliphatic carbocycles. The van der Waals surface area contributed by atoms with Gasteiger partial charge < -0.3 is 14.8 Å². The second-order valence-electron chi connectivity index (χ2n) is 6.80. The van der Waals surface area contributed by atoms with Crippen LogP contribution in [0.25, 0.3) is 0 Å². The van der Waals surface area contributed by atoms with Crippen LogP contribution in [-0.4, -0.2) is 62.4 Å². The first kappa shape index (κ1) is 16.7. The van der Waals surface area contributed by atoms with Crippen LogP contribution < -0.4 is 5.32 Å². The van der Waals surface area contributed by atoms with Crippen molar-refractivity contribution in [2.24, 2.45) is 0 Å². The van der Waals surface area contributed by atoms with E-state index in [0.29, 0.717) is 6.04 Å². The highest BCUT2D eigenvalue weighted by Gasteiger charge is 2.45. The van der Waals surface area contributed by atoms with Crippen molar-refractivity contribution in [3.63, 3.8) is 0 Å². The minimum atomic E-state index is -0.515. The number of methoxy groups -OCH3 is 2. The van der Waals surface area contributed by atoms with Gasteiger partial charge in [-0.2, -0.15) is 0 Å². The maximum Gasteiger partial charge on any atom is 0.326 e. The van der Waals surface area contributed by atoms with E-state index < -0.39 is 5.54 Å². The third kappa shape index (κ3) is 3.41. The van der Waals surface area contributed by atoms with Crippen LogP contribution in [0.15, 0.2) is 0 Å². The molecule has 2 fully saturated rings. The number of piperidine rings is 1. The van der Waals surface area contributed by atoms with E-state index in [4.69, 9.17) is 9.47 Å². The first-order valence-electron chi connectivity index (χ1n) is 8.05. The fraction of sp³-hybridized carbons (Fsp3) is 0.938. The molecule has 1 N–H and O–H groups in total. The van der Waals surface area contributed by atoms with Crippen molar-refractivity contribution in [1.82, 2.24) is 10.2 Å². The maximum atomic E-state index is 12.2. The summed E-state index contributed by atoms with van der Waals surface area (Å²) in [5.74, 6) is -0.124. The zero-order valence-electron chi connectivity index (χ0n) is 13.9. The first-order chi connectivity index (χ1) is 9.98. The van der Waals surface area contributed by atoms with E-state index in [0.717, 1.165) is 51.6 Å². The normalized spacial score (nSPS) is 38.2. The molecule has 2 aliphatic rings. The Bertz CT molecular complexity index is 377. The second kappa shape index (κ2) is 6.63. The van der Waals surface area contributed by atoms with Crippen LogP contribution in [0.4, 0.5) is 0 Å². The van der Waals surface area contributed by atoms with Crippen molar-refractivity contribution < 1.29 is 14.3 Å². The van der Waals surface area contributed by atoms with E-state index in [-0.39, 0.29) is 11.6 Å². The summed E-state index contributed by atoms with van der Waals surface area (Å²) in [6.45, 7) is 4.24. The van der Waals surface area contributed by atoms with Crippen molar-refractivity contribution in [2.45, 2.75) is 62.6 Å². The molecule has 122 valence electrons. The number of ether oxygens (including phenoxy) is 2. The Morgan fingerprint density at radius 3 is 2.67 bits per heavy atom. The van der Waals surface area contributed by atoms with Gasteiger partial charge in [0.15, 0.2) is 0 Å². The lowest BCUT2D eigenvalue weighted by molar-refractivity contribution is -0.151. The number of esters is 1. The number of nitrogens with zero attached hydrogens (tertiary/aromatic N) is 1. The lowest BCUT2D eigenvalue weighted by Crippen LogP contribution is -2.60. The van der Waals surface area contributed by atoms with Crippen molar-refractivity contribution in [3.05, 3.63) is 0 Å². The highest BCUT2D eigenvalue weighted by molar-refractivity contribution is 5.81. The average Bonchev–Trinajstić information content (AvgIpc) is 2.54. The van der Waals surface area contributed by atoms with Crippen molar-refractivity contribution in [3.8, 4) is 0 Å². The highest BCUT2D eigenvalue weighted by atomic mass is 16.5. The lowest BCUT2D eigenvalue weighted by atomic mass is 9.77. The van der Waals surface area contributed by atoms with Crippen LogP contribution in [0, 0.1) is 0 Å². The van der Waals surface area contributed by atoms with E-state index in [1.54, 1.807) is 7.11 Å². The van der Waals surface area contributed by atoms with Gasteiger partial charge in [-0.25, -0.2) is 0 Å². The number of carbonyl (C=O) groups excluding carboxylic acids is 1. The topological polar surface area (TPSA) is 50.8 Å². The average molecular weight is 298 g/mol. The molecule has 3 unspecified atom stereocenters. The molecule has 5 heteroatoms. The summed E-state index contributed by atoms with van der Waals surface area (Å²) in [5, 5.41) is 3.24. The van der Waals surface area contributed by atoms with E-state index in [1.807, 2.05) is 7.05 Å². The summed E-state index contributed by atoms with van der Waals surface area (Å²) in [5.41, 5.74) is -0.568. The fourth-order valence-corrected chi connectivity index (χ4v) is 3.99. The number of hydrogen-bond acceptors (Lipinski definition) is 5. The van der Waals surface area contributed by atoms with Gasteiger partial charge in [0.2, 0.25) is 0 Å². The Kier molecular flexibility index (Phi) is 5.28. The molecule has 1 aliphatic heterocycles. The molecule has 1 saturated heterocycles. The highest BCUT2D eigenvalue weighted by Crippen LogP contribution is 2.35. The molecule has 0 bridgehead atoms. The van der Waals surface area contributed by atoms with Gasteiger partial charge in [0.1, 0.15) is 5.54 Å². The second-order valence-corrected chi connectivity index (χ2v) is 6.80. The Balaban J connectivity index is 2.08. The van der Waals surface area contributed by atoms with E-state index in [9.17, 15) is 4.79 Å². The van der Waals surface area contributed by atoms with Gasteiger partial charge in [0, 0.05) is 19.7 Å². The maximum absolute atomic E-state index is 12.2. The summed E-state index contributed by atoms with van der Waals surface area (Å²) in [6.07, 6.45) is 6.17. The lowest BCUT2D eigenvalue weighted by Gasteiger charge is -2.47. The van der Waals surface area contributed by atoms with Gasteiger partial charge in [-0.1, -0.05) is 0 Å². The number of likely N-dealkylation sites (tertiary alicyclic amines) is 1. The fourth-order valence-electron chi connectivity index (χ4n) is 3.99. The predicted molar refractivity (Wildman–Crippen MR) is 82.3 cm³/mol. The molecule has 2 rings (SSSR count). The molecule has 0 spiro atoms. The number of hydrogen-bond donors (Lipinski definition) is 1. The molecular weight excluding hydrogens is 268 g/mol. The van der Waals surface area contributed by atoms with Crippen LogP contribution in [0.3, 0.4) is 0 Å². The van der Waals surface area contributed by atoms with Crippen LogP contribution in [0.2, 0.25) is 0 Å². The van der Waals surface area contributed by atoms with Crippen molar-refractivity contribution in [1.29, 1.82) is 0 Å². The number of nitrogens with one attached hydrogen (secondary N) is 1. The SMILES string of the molecule is CNC1(C(=O)OC)CCCC(N2CCCC(C)(OC)C2)C1. The molecule has 21 heavy (non-hydrogen) atoms. The van der Waals surface area contributed by atoms with E-state index in [1.165, 1.54) is 7.11 Å². The van der Waals surface area contributed by atoms with E-state index >= 15 is 0 Å². The Morgan fingerprint density at radius 2 is 2.05 bits per heavy atom. The summed E-state index contributed by atoms with van der Waals surface area (Å²) in [6, 6.07) is 0.431. The number of likely N-dealkylation sites (N-methyl/N-ethyl adjacent to an activating group) is 1. The minimum Gasteiger partial charge on any atom is -0.468 e. The van der Waals surface area contributed by atoms with Gasteiger partial charge in [0.25, 0.3) is 0 Å². The van der Waals surface area contributed by atoms with Gasteiger partial charge in [-0.05, 0) is 59.0 Å². The summed E-state index contributed by atoms with van der Waals surface area (Å²) in [4.78, 5) is 14.7. The van der Waals surface area contributed by atoms with E-state index in [2.05, 4.69) is 17.1 Å². The molecule has 0 aromatic rings. The Hall–Kier alpha value is -0.650. The van der Waals surface area contributed by atoms with Crippen LogP contribution in [-0.2, 0) is 14.3 Å². The summed E-state index contributed by atoms with van der Waals surface area (Å²) in [7, 11) is 5.15. The third-order valence-corrected chi connectivity index (χ3v) is 5.48. The molecule has 3 atom stereocenters. The molecule has 0 aromatic carbocycles. The molecular formula is C16H30N2O3. The molecule has 1 saturated carbocycles. The molecule has 0 aromatic heterocycles. The smallest absolute Gasteiger partial charge is 0.326 e. The molecule has 0 amide bonds. The van der Waals surface area contributed by atoms with Gasteiger partial charge >= 0.3 is 5.97 Å². The monoisotopic (exact) mass is 298 g/mol. The van der Waals surface area contributed by atoms with Gasteiger partial charge in [-0.15, -0.1) is 0 Å². The standard InChI is InChI=1S/C16H30N2O3/c1-15(21-4)8-6-10-18(12-15)13-7-5-9-16(11-13,17-2)14(19)20-3/h13,17H,5-12H2,1-4H3. The quantitative estimate of drug-likeness (QED) is 0.798. The minimum absolute atomic E-state index is 0.0523. The van der Waals surface area contributed by atoms with Crippen molar-refractivity contribution in [2.75, 3.05) is 34.4 Å². The number of carbonyl (C=O) groups is 1. The summed E-state index contributed by atoms with van der Waals surface area (Å²) >= 11 is 0. The van der Waals surface area contributed by atoms with Gasteiger partial charge in [-0.3, -0.25) is 9.69 Å². The molecule has 5 nitrogen and oxygen atoms in total. The van der Waals surface area contributed by atoms with Crippen LogP contribution in [0.5, 0.6) is 0 Å². The first-order valence-corrected chi connectivity index (χ1v) is 8.05. The largest absolute Gasteiger partial charge is 0.468 e. The molecule has 1 heterocycles. The third-order valence-electron chi connectivity index (χ3n) is 5.48.